The Bertz CT molecular complexity index is 475. The number of hydrogen-bond donors (Lipinski definition) is 2. The van der Waals surface area contributed by atoms with E-state index < -0.39 is 0 Å². The highest BCUT2D eigenvalue weighted by Crippen LogP contribution is 2.31. The van der Waals surface area contributed by atoms with Crippen molar-refractivity contribution in [3.8, 4) is 0 Å². The van der Waals surface area contributed by atoms with Crippen molar-refractivity contribution in [2.75, 3.05) is 12.3 Å². The van der Waals surface area contributed by atoms with Crippen molar-refractivity contribution in [1.82, 2.24) is 4.90 Å². The van der Waals surface area contributed by atoms with E-state index in [-0.39, 0.29) is 5.91 Å². The van der Waals surface area contributed by atoms with Gasteiger partial charge < -0.3 is 11.5 Å². The first-order valence-corrected chi connectivity index (χ1v) is 7.97. The van der Waals surface area contributed by atoms with Crippen LogP contribution >= 0.6 is 0 Å². The van der Waals surface area contributed by atoms with Gasteiger partial charge in [0, 0.05) is 18.3 Å². The summed E-state index contributed by atoms with van der Waals surface area (Å²) >= 11 is 0. The van der Waals surface area contributed by atoms with Gasteiger partial charge in [-0.1, -0.05) is 44.4 Å². The fourth-order valence-corrected chi connectivity index (χ4v) is 3.53. The number of nitrogens with zero attached hydrogens (tertiary/aromatic N) is 1. The number of primary amides is 1. The Kier molecular flexibility index (Phi) is 5.62. The van der Waals surface area contributed by atoms with Crippen LogP contribution in [0.25, 0.3) is 0 Å². The number of para-hydroxylation sites is 1. The molecule has 0 radical (unpaired) electrons. The van der Waals surface area contributed by atoms with Crippen LogP contribution in [0, 0.1) is 5.92 Å². The Morgan fingerprint density at radius 3 is 2.67 bits per heavy atom. The van der Waals surface area contributed by atoms with E-state index in [0.717, 1.165) is 24.1 Å². The molecule has 2 unspecified atom stereocenters. The van der Waals surface area contributed by atoms with Gasteiger partial charge in [0.25, 0.3) is 0 Å². The lowest BCUT2D eigenvalue weighted by Crippen LogP contribution is -2.45. The zero-order valence-corrected chi connectivity index (χ0v) is 12.9. The molecule has 1 fully saturated rings. The third kappa shape index (κ3) is 4.21. The minimum absolute atomic E-state index is 0.259. The topological polar surface area (TPSA) is 72.3 Å². The Balaban J connectivity index is 2.17. The van der Waals surface area contributed by atoms with Crippen molar-refractivity contribution in [1.29, 1.82) is 0 Å². The molecule has 1 aliphatic carbocycles. The van der Waals surface area contributed by atoms with Gasteiger partial charge in [-0.2, -0.15) is 0 Å². The molecule has 0 aliphatic heterocycles. The fourth-order valence-electron chi connectivity index (χ4n) is 3.53. The summed E-state index contributed by atoms with van der Waals surface area (Å²) in [5.74, 6) is 0.396. The predicted octanol–water partition coefficient (Wildman–Crippen LogP) is 2.52. The summed E-state index contributed by atoms with van der Waals surface area (Å²) in [5, 5.41) is 0. The van der Waals surface area contributed by atoms with E-state index in [1.165, 1.54) is 19.3 Å². The van der Waals surface area contributed by atoms with Crippen molar-refractivity contribution < 1.29 is 4.79 Å². The van der Waals surface area contributed by atoms with Gasteiger partial charge in [-0.15, -0.1) is 0 Å². The van der Waals surface area contributed by atoms with Crippen molar-refractivity contribution in [2.24, 2.45) is 11.7 Å². The molecule has 1 amide bonds. The Hall–Kier alpha value is -1.55. The van der Waals surface area contributed by atoms with Crippen LogP contribution in [-0.4, -0.2) is 23.4 Å². The maximum atomic E-state index is 11.5. The smallest absolute Gasteiger partial charge is 0.231 e. The van der Waals surface area contributed by atoms with Crippen LogP contribution in [0.5, 0.6) is 0 Å². The number of rotatable bonds is 6. The molecule has 116 valence electrons. The second-order valence-electron chi connectivity index (χ2n) is 6.09. The average molecular weight is 289 g/mol. The summed E-state index contributed by atoms with van der Waals surface area (Å²) < 4.78 is 0. The third-order valence-electron chi connectivity index (χ3n) is 4.65. The van der Waals surface area contributed by atoms with Crippen molar-refractivity contribution in [3.05, 3.63) is 29.8 Å². The van der Waals surface area contributed by atoms with Crippen LogP contribution in [0.3, 0.4) is 0 Å². The van der Waals surface area contributed by atoms with Crippen LogP contribution in [0.15, 0.2) is 24.3 Å². The van der Waals surface area contributed by atoms with Crippen molar-refractivity contribution in [2.45, 2.75) is 51.6 Å². The summed E-state index contributed by atoms with van der Waals surface area (Å²) in [6, 6.07) is 8.32. The lowest BCUT2D eigenvalue weighted by molar-refractivity contribution is -0.120. The van der Waals surface area contributed by atoms with Crippen molar-refractivity contribution >= 4 is 11.6 Å². The highest BCUT2D eigenvalue weighted by atomic mass is 16.1. The number of nitrogen functional groups attached to an aromatic ring is 1. The normalized spacial score (nSPS) is 22.4. The molecule has 4 N–H and O–H groups in total. The van der Waals surface area contributed by atoms with E-state index in [2.05, 4.69) is 11.8 Å². The second-order valence-corrected chi connectivity index (χ2v) is 6.09. The van der Waals surface area contributed by atoms with Crippen LogP contribution in [0.1, 0.15) is 44.6 Å². The molecular formula is C17H27N3O. The van der Waals surface area contributed by atoms with E-state index in [0.29, 0.717) is 25.0 Å². The van der Waals surface area contributed by atoms with Crippen LogP contribution in [0.4, 0.5) is 5.69 Å². The van der Waals surface area contributed by atoms with Gasteiger partial charge in [0.05, 0.1) is 6.54 Å². The van der Waals surface area contributed by atoms with Gasteiger partial charge in [0.2, 0.25) is 5.91 Å². The molecule has 2 rings (SSSR count). The third-order valence-corrected chi connectivity index (χ3v) is 4.65. The first-order valence-electron chi connectivity index (χ1n) is 7.97. The number of benzene rings is 1. The maximum absolute atomic E-state index is 11.5. The monoisotopic (exact) mass is 289 g/mol. The molecule has 1 aromatic carbocycles. The highest BCUT2D eigenvalue weighted by molar-refractivity contribution is 5.76. The Labute approximate surface area is 127 Å². The minimum Gasteiger partial charge on any atom is -0.398 e. The summed E-state index contributed by atoms with van der Waals surface area (Å²) in [4.78, 5) is 13.7. The van der Waals surface area contributed by atoms with E-state index in [1.807, 2.05) is 24.3 Å². The second kappa shape index (κ2) is 7.46. The first-order chi connectivity index (χ1) is 10.1. The summed E-state index contributed by atoms with van der Waals surface area (Å²) in [6.07, 6.45) is 6.09. The molecule has 1 saturated carbocycles. The molecule has 0 aromatic heterocycles. The zero-order chi connectivity index (χ0) is 15.2. The van der Waals surface area contributed by atoms with Crippen molar-refractivity contribution in [3.63, 3.8) is 0 Å². The fraction of sp³-hybridized carbons (Fsp3) is 0.588. The van der Waals surface area contributed by atoms with Gasteiger partial charge in [-0.05, 0) is 30.4 Å². The molecule has 1 aromatic rings. The highest BCUT2D eigenvalue weighted by Gasteiger charge is 2.30. The van der Waals surface area contributed by atoms with E-state index in [1.54, 1.807) is 0 Å². The number of amides is 1. The SMILES string of the molecule is CCC1CCCCC1N(CC(N)=O)Cc1ccccc1N. The molecule has 4 heteroatoms. The molecule has 0 heterocycles. The number of anilines is 1. The van der Waals surface area contributed by atoms with Gasteiger partial charge in [0.1, 0.15) is 0 Å². The molecule has 0 spiro atoms. The quantitative estimate of drug-likeness (QED) is 0.790. The summed E-state index contributed by atoms with van der Waals surface area (Å²) in [5.41, 5.74) is 13.4. The van der Waals surface area contributed by atoms with E-state index >= 15 is 0 Å². The Morgan fingerprint density at radius 2 is 2.00 bits per heavy atom. The predicted molar refractivity (Wildman–Crippen MR) is 86.5 cm³/mol. The average Bonchev–Trinajstić information content (AvgIpc) is 2.48. The standard InChI is InChI=1S/C17H27N3O/c1-2-13-7-4-6-10-16(13)20(12-17(19)21)11-14-8-3-5-9-15(14)18/h3,5,8-9,13,16H,2,4,6-7,10-12,18H2,1H3,(H2,19,21). The zero-order valence-electron chi connectivity index (χ0n) is 12.9. The molecule has 4 nitrogen and oxygen atoms in total. The first kappa shape index (κ1) is 15.8. The molecule has 1 aliphatic rings. The van der Waals surface area contributed by atoms with Crippen LogP contribution in [-0.2, 0) is 11.3 Å². The summed E-state index contributed by atoms with van der Waals surface area (Å²) in [6.45, 7) is 3.26. The lowest BCUT2D eigenvalue weighted by Gasteiger charge is -2.39. The molecule has 0 bridgehead atoms. The minimum atomic E-state index is -0.259. The van der Waals surface area contributed by atoms with E-state index in [4.69, 9.17) is 11.5 Å². The van der Waals surface area contributed by atoms with Gasteiger partial charge in [-0.3, -0.25) is 9.69 Å². The molecular weight excluding hydrogens is 262 g/mol. The number of carbonyl (C=O) groups excluding carboxylic acids is 1. The van der Waals surface area contributed by atoms with Gasteiger partial charge in [0.15, 0.2) is 0 Å². The molecule has 2 atom stereocenters. The molecule has 0 saturated heterocycles. The van der Waals surface area contributed by atoms with E-state index in [9.17, 15) is 4.79 Å². The number of carbonyl (C=O) groups is 1. The number of hydrogen-bond acceptors (Lipinski definition) is 3. The van der Waals surface area contributed by atoms with Gasteiger partial charge in [-0.25, -0.2) is 0 Å². The maximum Gasteiger partial charge on any atom is 0.231 e. The lowest BCUT2D eigenvalue weighted by atomic mass is 9.81. The number of nitrogens with two attached hydrogens (primary N) is 2. The molecule has 21 heavy (non-hydrogen) atoms. The Morgan fingerprint density at radius 1 is 1.29 bits per heavy atom. The van der Waals surface area contributed by atoms with Crippen LogP contribution < -0.4 is 11.5 Å². The summed E-state index contributed by atoms with van der Waals surface area (Å²) in [7, 11) is 0. The largest absolute Gasteiger partial charge is 0.398 e. The van der Waals surface area contributed by atoms with Crippen LogP contribution in [0.2, 0.25) is 0 Å². The van der Waals surface area contributed by atoms with Gasteiger partial charge >= 0.3 is 0 Å².